The summed E-state index contributed by atoms with van der Waals surface area (Å²) in [5, 5.41) is 29.2. The van der Waals surface area contributed by atoms with Crippen LogP contribution in [0, 0.1) is 0 Å². The number of esters is 2. The largest absolute Gasteiger partial charge is 0.462 e. The van der Waals surface area contributed by atoms with E-state index in [0.29, 0.717) is 28.7 Å². The number of nitrogens with zero attached hydrogens (tertiary/aromatic N) is 7. The fourth-order valence-corrected chi connectivity index (χ4v) is 5.52. The van der Waals surface area contributed by atoms with Crippen LogP contribution < -0.4 is 10.6 Å². The van der Waals surface area contributed by atoms with E-state index in [1.165, 1.54) is 0 Å². The molecule has 0 spiro atoms. The minimum Gasteiger partial charge on any atom is -0.462 e. The maximum Gasteiger partial charge on any atom is 0.338 e. The fourth-order valence-electron chi connectivity index (χ4n) is 5.52. The van der Waals surface area contributed by atoms with E-state index >= 15 is 0 Å². The third-order valence-corrected chi connectivity index (χ3v) is 9.73. The van der Waals surface area contributed by atoms with Gasteiger partial charge in [0.25, 0.3) is 11.8 Å². The number of rotatable bonds is 14. The molecule has 0 radical (unpaired) electrons. The minimum atomic E-state index is -0.465. The predicted molar refractivity (Wildman–Crippen MR) is 217 cm³/mol. The fraction of sp³-hybridized carbons (Fsp3) is 0.326. The molecule has 2 amide bonds. The van der Waals surface area contributed by atoms with Gasteiger partial charge in [-0.2, -0.15) is 30.7 Å². The zero-order valence-corrected chi connectivity index (χ0v) is 31.2. The van der Waals surface area contributed by atoms with Gasteiger partial charge in [0.2, 0.25) is 17.0 Å². The van der Waals surface area contributed by atoms with Gasteiger partial charge in [-0.1, -0.05) is 63.4 Å². The Bertz CT molecular complexity index is 2100. The monoisotopic (exact) mass is 785 g/mol. The van der Waals surface area contributed by atoms with Crippen molar-refractivity contribution in [2.75, 3.05) is 19.9 Å². The highest BCUT2D eigenvalue weighted by Crippen LogP contribution is 2.40. The Labute approximate surface area is 337 Å². The van der Waals surface area contributed by atoms with Crippen molar-refractivity contribution >= 4 is 30.0 Å². The first-order valence-electron chi connectivity index (χ1n) is 18.0. The molecule has 300 valence electrons. The number of benzene rings is 4. The van der Waals surface area contributed by atoms with E-state index < -0.39 is 28.9 Å². The van der Waals surface area contributed by atoms with Gasteiger partial charge in [-0.15, -0.1) is 0 Å². The molecule has 4 aliphatic rings. The third kappa shape index (κ3) is 9.96. The maximum absolute atomic E-state index is 12.2. The highest BCUT2D eigenvalue weighted by Gasteiger charge is 2.37. The molecule has 0 saturated carbocycles. The molecule has 4 aromatic rings. The number of nitrogens with one attached hydrogen (secondary N) is 2. The molecule has 15 nitrogen and oxygen atoms in total. The van der Waals surface area contributed by atoms with Crippen molar-refractivity contribution in [2.24, 2.45) is 35.7 Å². The first kappa shape index (κ1) is 42.4. The molecule has 58 heavy (non-hydrogen) atoms. The molecule has 1 unspecified atom stereocenters. The van der Waals surface area contributed by atoms with Crippen LogP contribution in [0.3, 0.4) is 0 Å². The molecule has 0 aliphatic carbocycles. The van der Waals surface area contributed by atoms with Crippen molar-refractivity contribution in [3.63, 3.8) is 0 Å². The average Bonchev–Trinajstić information content (AvgIpc) is 4.03. The van der Waals surface area contributed by atoms with Gasteiger partial charge in [0.05, 0.1) is 31.0 Å². The number of ether oxygens (including phenoxy) is 2. The number of carbonyl (C=O) groups is 4. The molecule has 0 aromatic heterocycles. The van der Waals surface area contributed by atoms with Gasteiger partial charge < -0.3 is 20.1 Å². The first-order valence-corrected chi connectivity index (χ1v) is 18.0. The Hall–Kier alpha value is -6.77. The lowest BCUT2D eigenvalue weighted by atomic mass is 9.99. The molecule has 4 heterocycles. The summed E-state index contributed by atoms with van der Waals surface area (Å²) in [6, 6.07) is 28.4. The number of aliphatic imine (C=N–C) groups is 1. The van der Waals surface area contributed by atoms with E-state index in [9.17, 15) is 19.2 Å². The second-order valence-electron chi connectivity index (χ2n) is 14.2. The van der Waals surface area contributed by atoms with Crippen LogP contribution in [-0.2, 0) is 32.0 Å². The van der Waals surface area contributed by atoms with E-state index in [0.717, 1.165) is 22.3 Å². The van der Waals surface area contributed by atoms with Crippen LogP contribution in [0.5, 0.6) is 0 Å². The standard InChI is InChI=1S/C21H20N4O4.C20H19N5O2.2CH4/c1-20(22-23-20)16-8-4-14(5-9-16)18(26)28-12-3-13-29-19(27)15-6-10-17(11-7-15)21(2)24-25-21;1-19(11-23-19)15-7-3-13(4-8-15)17(26)21-12-22-18(27)14-5-9-16(10-6-14)20(2)24-25-20;;/h4-11H,3,12-13H2,1-2H3;3-11H,12H2,1-2H3,(H,21,26)(H,22,27);2*1H4. The van der Waals surface area contributed by atoms with Gasteiger partial charge >= 0.3 is 11.9 Å². The molecule has 0 saturated heterocycles. The summed E-state index contributed by atoms with van der Waals surface area (Å²) in [5.41, 5.74) is 4.23. The smallest absolute Gasteiger partial charge is 0.338 e. The summed E-state index contributed by atoms with van der Waals surface area (Å²) < 4.78 is 10.4. The van der Waals surface area contributed by atoms with Crippen LogP contribution in [0.15, 0.2) is 133 Å². The van der Waals surface area contributed by atoms with Crippen molar-refractivity contribution in [1.29, 1.82) is 0 Å². The van der Waals surface area contributed by atoms with Gasteiger partial charge in [0.15, 0.2) is 0 Å². The van der Waals surface area contributed by atoms with Crippen molar-refractivity contribution in [3.05, 3.63) is 142 Å². The van der Waals surface area contributed by atoms with Crippen LogP contribution in [0.4, 0.5) is 0 Å². The highest BCUT2D eigenvalue weighted by atomic mass is 16.5. The molecule has 8 rings (SSSR count). The molecule has 2 N–H and O–H groups in total. The SMILES string of the molecule is C.C.CC1(c2ccc(C(=O)NCNC(=O)c3ccc(C4(C)N=N4)cc3)cc2)C=N1.CC1(c2ccc(C(=O)OCCCOC(=O)c3ccc(C4(C)N=N4)cc3)cc2)N=N1. The minimum absolute atomic E-state index is 0. The van der Waals surface area contributed by atoms with E-state index in [1.54, 1.807) is 48.5 Å². The van der Waals surface area contributed by atoms with Gasteiger partial charge in [0.1, 0.15) is 5.54 Å². The van der Waals surface area contributed by atoms with Gasteiger partial charge in [0, 0.05) is 40.5 Å². The highest BCUT2D eigenvalue weighted by molar-refractivity contribution is 5.96. The van der Waals surface area contributed by atoms with Gasteiger partial charge in [-0.3, -0.25) is 14.6 Å². The summed E-state index contributed by atoms with van der Waals surface area (Å²) in [6.07, 6.45) is 2.29. The lowest BCUT2D eigenvalue weighted by Crippen LogP contribution is -2.37. The van der Waals surface area contributed by atoms with Crippen LogP contribution in [0.1, 0.15) is 113 Å². The normalized spacial score (nSPS) is 18.1. The van der Waals surface area contributed by atoms with E-state index in [2.05, 4.69) is 46.3 Å². The zero-order valence-electron chi connectivity index (χ0n) is 31.2. The number of hydrogen-bond acceptors (Lipinski definition) is 13. The average molecular weight is 786 g/mol. The van der Waals surface area contributed by atoms with Crippen LogP contribution in [-0.4, -0.2) is 49.9 Å². The molecule has 4 aliphatic heterocycles. The van der Waals surface area contributed by atoms with Gasteiger partial charge in [-0.25, -0.2) is 9.59 Å². The van der Waals surface area contributed by atoms with Crippen molar-refractivity contribution < 1.29 is 28.7 Å². The Kier molecular flexibility index (Phi) is 12.2. The number of carbonyl (C=O) groups excluding carboxylic acids is 4. The van der Waals surface area contributed by atoms with Crippen molar-refractivity contribution in [2.45, 2.75) is 71.5 Å². The predicted octanol–water partition coefficient (Wildman–Crippen LogP) is 8.38. The third-order valence-electron chi connectivity index (χ3n) is 9.73. The van der Waals surface area contributed by atoms with Crippen LogP contribution in [0.2, 0.25) is 0 Å². The molecule has 4 aromatic carbocycles. The van der Waals surface area contributed by atoms with Crippen molar-refractivity contribution in [1.82, 2.24) is 10.6 Å². The maximum atomic E-state index is 12.2. The molecule has 1 atom stereocenters. The first-order chi connectivity index (χ1) is 26.8. The topological polar surface area (TPSA) is 197 Å². The van der Waals surface area contributed by atoms with E-state index in [-0.39, 0.29) is 52.1 Å². The Morgan fingerprint density at radius 2 is 0.776 bits per heavy atom. The van der Waals surface area contributed by atoms with Crippen molar-refractivity contribution in [3.8, 4) is 0 Å². The van der Waals surface area contributed by atoms with Crippen LogP contribution in [0.25, 0.3) is 0 Å². The molecule has 0 bridgehead atoms. The summed E-state index contributed by atoms with van der Waals surface area (Å²) >= 11 is 0. The molecule has 15 heteroatoms. The summed E-state index contributed by atoms with van der Waals surface area (Å²) in [5.74, 6) is -1.34. The summed E-state index contributed by atoms with van der Waals surface area (Å²) in [7, 11) is 0. The second-order valence-corrected chi connectivity index (χ2v) is 14.2. The zero-order chi connectivity index (χ0) is 39.6. The Morgan fingerprint density at radius 1 is 0.483 bits per heavy atom. The van der Waals surface area contributed by atoms with Crippen LogP contribution >= 0.6 is 0 Å². The number of hydrogen-bond donors (Lipinski definition) is 2. The lowest BCUT2D eigenvalue weighted by Gasteiger charge is -2.10. The Balaban J connectivity index is 0.000000214. The Morgan fingerprint density at radius 3 is 1.07 bits per heavy atom. The number of amides is 2. The summed E-state index contributed by atoms with van der Waals surface area (Å²) in [6.45, 7) is 8.09. The van der Waals surface area contributed by atoms with E-state index in [4.69, 9.17) is 9.47 Å². The molecule has 0 fully saturated rings. The molecular weight excluding hydrogens is 739 g/mol. The van der Waals surface area contributed by atoms with Gasteiger partial charge in [-0.05, 0) is 81.8 Å². The molecular formula is C43H47N9O6. The second kappa shape index (κ2) is 16.8. The lowest BCUT2D eigenvalue weighted by molar-refractivity contribution is 0.0395. The quantitative estimate of drug-likeness (QED) is 0.0731. The van der Waals surface area contributed by atoms with E-state index in [1.807, 2.05) is 82.4 Å². The summed E-state index contributed by atoms with van der Waals surface area (Å²) in [4.78, 5) is 52.7.